The van der Waals surface area contributed by atoms with Gasteiger partial charge < -0.3 is 9.64 Å². The minimum atomic E-state index is 0.405. The van der Waals surface area contributed by atoms with Gasteiger partial charge in [-0.1, -0.05) is 6.92 Å². The van der Waals surface area contributed by atoms with Gasteiger partial charge >= 0.3 is 0 Å². The van der Waals surface area contributed by atoms with Gasteiger partial charge in [-0.25, -0.2) is 4.98 Å². The van der Waals surface area contributed by atoms with E-state index < -0.39 is 0 Å². The number of nitriles is 1. The van der Waals surface area contributed by atoms with E-state index in [4.69, 9.17) is 10.00 Å². The summed E-state index contributed by atoms with van der Waals surface area (Å²) in [4.78, 5) is 6.28. The number of anilines is 1. The number of aromatic nitrogens is 1. The van der Waals surface area contributed by atoms with Crippen molar-refractivity contribution < 1.29 is 4.74 Å². The second-order valence-electron chi connectivity index (χ2n) is 3.84. The lowest BCUT2D eigenvalue weighted by Crippen LogP contribution is -2.45. The number of hydrogen-bond acceptors (Lipinski definition) is 4. The fourth-order valence-electron chi connectivity index (χ4n) is 1.99. The van der Waals surface area contributed by atoms with Crippen molar-refractivity contribution in [2.45, 2.75) is 19.4 Å². The lowest BCUT2D eigenvalue weighted by atomic mass is 10.1. The van der Waals surface area contributed by atoms with E-state index in [0.29, 0.717) is 11.7 Å². The second kappa shape index (κ2) is 4.95. The molecule has 1 aromatic rings. The van der Waals surface area contributed by atoms with Crippen LogP contribution in [0.4, 0.5) is 5.69 Å². The van der Waals surface area contributed by atoms with Gasteiger partial charge in [0.2, 0.25) is 0 Å². The summed E-state index contributed by atoms with van der Waals surface area (Å²) >= 11 is 0. The molecule has 0 radical (unpaired) electrons. The van der Waals surface area contributed by atoms with E-state index in [1.807, 2.05) is 12.1 Å². The molecule has 1 unspecified atom stereocenters. The average Bonchev–Trinajstić information content (AvgIpc) is 2.38. The van der Waals surface area contributed by atoms with Crippen LogP contribution in [-0.2, 0) is 4.74 Å². The first-order valence-corrected chi connectivity index (χ1v) is 5.55. The first-order chi connectivity index (χ1) is 7.85. The highest BCUT2D eigenvalue weighted by Crippen LogP contribution is 2.21. The zero-order chi connectivity index (χ0) is 11.4. The third-order valence-corrected chi connectivity index (χ3v) is 2.89. The average molecular weight is 217 g/mol. The zero-order valence-electron chi connectivity index (χ0n) is 9.39. The highest BCUT2D eigenvalue weighted by atomic mass is 16.5. The summed E-state index contributed by atoms with van der Waals surface area (Å²) in [7, 11) is 0. The Labute approximate surface area is 95.5 Å². The van der Waals surface area contributed by atoms with Crippen molar-refractivity contribution in [1.29, 1.82) is 5.26 Å². The summed E-state index contributed by atoms with van der Waals surface area (Å²) in [6.45, 7) is 4.55. The number of nitrogens with zero attached hydrogens (tertiary/aromatic N) is 3. The van der Waals surface area contributed by atoms with Gasteiger partial charge in [0.1, 0.15) is 11.8 Å². The maximum atomic E-state index is 8.83. The van der Waals surface area contributed by atoms with Crippen LogP contribution in [-0.4, -0.2) is 30.8 Å². The Kier molecular flexibility index (Phi) is 3.37. The van der Waals surface area contributed by atoms with Crippen molar-refractivity contribution >= 4 is 5.69 Å². The van der Waals surface area contributed by atoms with E-state index in [1.165, 1.54) is 0 Å². The van der Waals surface area contributed by atoms with E-state index in [2.05, 4.69) is 22.9 Å². The highest BCUT2D eigenvalue weighted by Gasteiger charge is 2.21. The summed E-state index contributed by atoms with van der Waals surface area (Å²) in [5.41, 5.74) is 1.54. The van der Waals surface area contributed by atoms with Gasteiger partial charge in [0.25, 0.3) is 0 Å². The smallest absolute Gasteiger partial charge is 0.142 e. The molecule has 4 nitrogen and oxygen atoms in total. The summed E-state index contributed by atoms with van der Waals surface area (Å²) in [6.07, 6.45) is 2.74. The van der Waals surface area contributed by atoms with E-state index in [9.17, 15) is 0 Å². The molecule has 4 heteroatoms. The Hall–Kier alpha value is -1.60. The molecule has 1 saturated heterocycles. The maximum Gasteiger partial charge on any atom is 0.142 e. The predicted octanol–water partition coefficient (Wildman–Crippen LogP) is 1.57. The monoisotopic (exact) mass is 217 g/mol. The molecule has 1 fully saturated rings. The molecule has 0 amide bonds. The summed E-state index contributed by atoms with van der Waals surface area (Å²) in [6, 6.07) is 6.27. The molecule has 0 bridgehead atoms. The molecule has 2 heterocycles. The van der Waals surface area contributed by atoms with E-state index in [-0.39, 0.29) is 0 Å². The third kappa shape index (κ3) is 2.15. The van der Waals surface area contributed by atoms with Crippen molar-refractivity contribution in [1.82, 2.24) is 4.98 Å². The van der Waals surface area contributed by atoms with Crippen molar-refractivity contribution in [2.24, 2.45) is 0 Å². The first-order valence-electron chi connectivity index (χ1n) is 5.55. The number of pyridine rings is 1. The van der Waals surface area contributed by atoms with Crippen LogP contribution in [0.3, 0.4) is 0 Å². The predicted molar refractivity (Wildman–Crippen MR) is 61.2 cm³/mol. The van der Waals surface area contributed by atoms with E-state index >= 15 is 0 Å². The Bertz CT molecular complexity index is 399. The quantitative estimate of drug-likeness (QED) is 0.754. The lowest BCUT2D eigenvalue weighted by molar-refractivity contribution is 0.0930. The van der Waals surface area contributed by atoms with Gasteiger partial charge in [-0.05, 0) is 18.6 Å². The molecule has 0 spiro atoms. The molecule has 1 aromatic heterocycles. The largest absolute Gasteiger partial charge is 0.377 e. The van der Waals surface area contributed by atoms with Crippen LogP contribution in [0.15, 0.2) is 18.3 Å². The van der Waals surface area contributed by atoms with Gasteiger partial charge in [0.05, 0.1) is 19.3 Å². The molecule has 1 aliphatic rings. The van der Waals surface area contributed by atoms with Gasteiger partial charge in [0, 0.05) is 18.4 Å². The molecular formula is C12H15N3O. The third-order valence-electron chi connectivity index (χ3n) is 2.89. The van der Waals surface area contributed by atoms with Crippen LogP contribution < -0.4 is 4.90 Å². The zero-order valence-corrected chi connectivity index (χ0v) is 9.39. The standard InChI is InChI=1S/C12H15N3O/c1-2-11-9-16-6-5-15(11)12-3-4-14-10(7-12)8-13/h3-4,7,11H,2,5-6,9H2,1H3. The normalized spacial score (nSPS) is 20.5. The van der Waals surface area contributed by atoms with Crippen LogP contribution in [0.5, 0.6) is 0 Å². The molecule has 2 rings (SSSR count). The number of morpholine rings is 1. The second-order valence-corrected chi connectivity index (χ2v) is 3.84. The number of ether oxygens (including phenoxy) is 1. The molecule has 0 aliphatic carbocycles. The Balaban J connectivity index is 2.24. The van der Waals surface area contributed by atoms with Gasteiger partial charge in [0.15, 0.2) is 0 Å². The van der Waals surface area contributed by atoms with Crippen molar-refractivity contribution in [3.05, 3.63) is 24.0 Å². The van der Waals surface area contributed by atoms with Crippen molar-refractivity contribution in [3.63, 3.8) is 0 Å². The molecule has 84 valence electrons. The van der Waals surface area contributed by atoms with Crippen LogP contribution in [0.25, 0.3) is 0 Å². The van der Waals surface area contributed by atoms with Crippen LogP contribution in [0.2, 0.25) is 0 Å². The molecule has 0 aromatic carbocycles. The summed E-state index contributed by atoms with van der Waals surface area (Å²) in [5, 5.41) is 8.83. The topological polar surface area (TPSA) is 49.1 Å². The van der Waals surface area contributed by atoms with Gasteiger partial charge in [-0.3, -0.25) is 0 Å². The Morgan fingerprint density at radius 1 is 1.69 bits per heavy atom. The van der Waals surface area contributed by atoms with Crippen LogP contribution in [0, 0.1) is 11.3 Å². The van der Waals surface area contributed by atoms with E-state index in [0.717, 1.165) is 31.9 Å². The molecular weight excluding hydrogens is 202 g/mol. The van der Waals surface area contributed by atoms with Crippen molar-refractivity contribution in [2.75, 3.05) is 24.7 Å². The molecule has 1 aliphatic heterocycles. The number of rotatable bonds is 2. The minimum Gasteiger partial charge on any atom is -0.377 e. The summed E-state index contributed by atoms with van der Waals surface area (Å²) < 4.78 is 5.46. The molecule has 16 heavy (non-hydrogen) atoms. The molecule has 0 N–H and O–H groups in total. The molecule has 0 saturated carbocycles. The Morgan fingerprint density at radius 2 is 2.56 bits per heavy atom. The van der Waals surface area contributed by atoms with Crippen LogP contribution in [0.1, 0.15) is 19.0 Å². The fourth-order valence-corrected chi connectivity index (χ4v) is 1.99. The first kappa shape index (κ1) is 10.9. The van der Waals surface area contributed by atoms with E-state index in [1.54, 1.807) is 6.20 Å². The van der Waals surface area contributed by atoms with Gasteiger partial charge in [-0.2, -0.15) is 5.26 Å². The van der Waals surface area contributed by atoms with Crippen LogP contribution >= 0.6 is 0 Å². The minimum absolute atomic E-state index is 0.405. The van der Waals surface area contributed by atoms with Crippen molar-refractivity contribution in [3.8, 4) is 6.07 Å². The lowest BCUT2D eigenvalue weighted by Gasteiger charge is -2.36. The SMILES string of the molecule is CCC1COCCN1c1ccnc(C#N)c1. The summed E-state index contributed by atoms with van der Waals surface area (Å²) in [5.74, 6) is 0. The highest BCUT2D eigenvalue weighted by molar-refractivity contribution is 5.50. The maximum absolute atomic E-state index is 8.83. The van der Waals surface area contributed by atoms with Gasteiger partial charge in [-0.15, -0.1) is 0 Å². The number of hydrogen-bond donors (Lipinski definition) is 0. The fraction of sp³-hybridized carbons (Fsp3) is 0.500. The molecule has 1 atom stereocenters. The Morgan fingerprint density at radius 3 is 3.31 bits per heavy atom.